The summed E-state index contributed by atoms with van der Waals surface area (Å²) >= 11 is 0. The van der Waals surface area contributed by atoms with E-state index in [0.717, 1.165) is 5.56 Å². The zero-order chi connectivity index (χ0) is 14.8. The fourth-order valence-electron chi connectivity index (χ4n) is 2.21. The van der Waals surface area contributed by atoms with E-state index in [1.165, 1.54) is 18.2 Å². The molecule has 0 amide bonds. The lowest BCUT2D eigenvalue weighted by Gasteiger charge is -2.03. The summed E-state index contributed by atoms with van der Waals surface area (Å²) in [5.74, 6) is -1.35. The van der Waals surface area contributed by atoms with Crippen molar-refractivity contribution in [3.63, 3.8) is 0 Å². The first kappa shape index (κ1) is 13.3. The molecule has 0 fully saturated rings. The molecule has 21 heavy (non-hydrogen) atoms. The number of hydrogen-bond acceptors (Lipinski definition) is 2. The summed E-state index contributed by atoms with van der Waals surface area (Å²) in [5.41, 5.74) is 7.06. The summed E-state index contributed by atoms with van der Waals surface area (Å²) in [6, 6.07) is 13.3. The lowest BCUT2D eigenvalue weighted by Crippen LogP contribution is -2.00. The largest absolute Gasteiger partial charge is 0.396 e. The van der Waals surface area contributed by atoms with Crippen LogP contribution in [0.3, 0.4) is 0 Å². The van der Waals surface area contributed by atoms with Gasteiger partial charge in [0.2, 0.25) is 0 Å². The van der Waals surface area contributed by atoms with E-state index in [4.69, 9.17) is 5.73 Å². The molecule has 0 spiro atoms. The first-order chi connectivity index (χ1) is 10.1. The molecule has 3 rings (SSSR count). The highest BCUT2D eigenvalue weighted by Crippen LogP contribution is 2.29. The number of nitrogens with zero attached hydrogens (tertiary/aromatic N) is 2. The maximum absolute atomic E-state index is 13.8. The van der Waals surface area contributed by atoms with E-state index in [2.05, 4.69) is 5.10 Å². The summed E-state index contributed by atoms with van der Waals surface area (Å²) in [6.45, 7) is 0.487. The number of aromatic nitrogens is 2. The molecule has 106 valence electrons. The number of halogens is 2. The van der Waals surface area contributed by atoms with Gasteiger partial charge >= 0.3 is 0 Å². The molecule has 0 unspecified atom stereocenters. The molecule has 0 saturated carbocycles. The smallest absolute Gasteiger partial charge is 0.135 e. The number of nitrogens with two attached hydrogens (primary N) is 1. The Bertz CT molecular complexity index is 746. The van der Waals surface area contributed by atoms with Crippen LogP contribution >= 0.6 is 0 Å². The van der Waals surface area contributed by atoms with E-state index in [1.54, 1.807) is 10.9 Å². The van der Waals surface area contributed by atoms with Gasteiger partial charge in [0.05, 0.1) is 17.8 Å². The van der Waals surface area contributed by atoms with Gasteiger partial charge in [-0.05, 0) is 17.7 Å². The molecular weight excluding hydrogens is 272 g/mol. The van der Waals surface area contributed by atoms with Crippen LogP contribution in [0.5, 0.6) is 0 Å². The van der Waals surface area contributed by atoms with Gasteiger partial charge in [0.15, 0.2) is 0 Å². The van der Waals surface area contributed by atoms with Crippen LogP contribution in [0.25, 0.3) is 11.3 Å². The van der Waals surface area contributed by atoms with Crippen LogP contribution in [0.2, 0.25) is 0 Å². The minimum Gasteiger partial charge on any atom is -0.396 e. The monoisotopic (exact) mass is 285 g/mol. The van der Waals surface area contributed by atoms with Gasteiger partial charge in [-0.3, -0.25) is 4.68 Å². The quantitative estimate of drug-likeness (QED) is 0.801. The molecule has 0 aliphatic heterocycles. The van der Waals surface area contributed by atoms with Gasteiger partial charge in [-0.25, -0.2) is 8.78 Å². The Hall–Kier alpha value is -2.69. The molecular formula is C16H13F2N3. The lowest BCUT2D eigenvalue weighted by atomic mass is 10.1. The fourth-order valence-corrected chi connectivity index (χ4v) is 2.21. The summed E-state index contributed by atoms with van der Waals surface area (Å²) in [5, 5.41) is 4.21. The van der Waals surface area contributed by atoms with Crippen molar-refractivity contribution < 1.29 is 8.78 Å². The number of anilines is 1. The SMILES string of the molecule is Nc1cn(Cc2ccccc2)nc1-c1c(F)cccc1F. The molecule has 0 aliphatic carbocycles. The highest BCUT2D eigenvalue weighted by molar-refractivity contribution is 5.72. The van der Waals surface area contributed by atoms with Crippen molar-refractivity contribution in [3.8, 4) is 11.3 Å². The van der Waals surface area contributed by atoms with Crippen molar-refractivity contribution in [1.82, 2.24) is 9.78 Å². The zero-order valence-corrected chi connectivity index (χ0v) is 11.1. The molecule has 0 aliphatic rings. The van der Waals surface area contributed by atoms with Crippen LogP contribution in [-0.2, 0) is 6.54 Å². The van der Waals surface area contributed by atoms with E-state index in [1.807, 2.05) is 30.3 Å². The van der Waals surface area contributed by atoms with E-state index in [-0.39, 0.29) is 16.9 Å². The van der Waals surface area contributed by atoms with Crippen molar-refractivity contribution in [2.45, 2.75) is 6.54 Å². The Morgan fingerprint density at radius 3 is 2.29 bits per heavy atom. The Morgan fingerprint density at radius 2 is 1.62 bits per heavy atom. The minimum absolute atomic E-state index is 0.126. The third-order valence-corrected chi connectivity index (χ3v) is 3.18. The summed E-state index contributed by atoms with van der Waals surface area (Å²) in [4.78, 5) is 0. The van der Waals surface area contributed by atoms with Gasteiger partial charge in [-0.15, -0.1) is 0 Å². The van der Waals surface area contributed by atoms with Crippen LogP contribution in [0.1, 0.15) is 5.56 Å². The lowest BCUT2D eigenvalue weighted by molar-refractivity contribution is 0.587. The van der Waals surface area contributed by atoms with Gasteiger partial charge in [0.1, 0.15) is 17.3 Å². The Labute approximate surface area is 120 Å². The number of nitrogen functional groups attached to an aromatic ring is 1. The van der Waals surface area contributed by atoms with E-state index in [0.29, 0.717) is 6.54 Å². The minimum atomic E-state index is -0.674. The Balaban J connectivity index is 1.99. The number of rotatable bonds is 3. The zero-order valence-electron chi connectivity index (χ0n) is 11.1. The summed E-state index contributed by atoms with van der Waals surface area (Å²) in [7, 11) is 0. The van der Waals surface area contributed by atoms with Gasteiger partial charge in [-0.1, -0.05) is 36.4 Å². The molecule has 2 N–H and O–H groups in total. The molecule has 0 saturated heterocycles. The first-order valence-corrected chi connectivity index (χ1v) is 6.46. The van der Waals surface area contributed by atoms with E-state index in [9.17, 15) is 8.78 Å². The summed E-state index contributed by atoms with van der Waals surface area (Å²) in [6.07, 6.45) is 1.58. The second-order valence-corrected chi connectivity index (χ2v) is 4.71. The van der Waals surface area contributed by atoms with Crippen LogP contribution < -0.4 is 5.73 Å². The molecule has 5 heteroatoms. The molecule has 3 nitrogen and oxygen atoms in total. The maximum atomic E-state index is 13.8. The van der Waals surface area contributed by atoms with Crippen molar-refractivity contribution in [1.29, 1.82) is 0 Å². The molecule has 0 bridgehead atoms. The van der Waals surface area contributed by atoms with Gasteiger partial charge in [0, 0.05) is 6.20 Å². The third-order valence-electron chi connectivity index (χ3n) is 3.18. The summed E-state index contributed by atoms with van der Waals surface area (Å²) < 4.78 is 29.2. The van der Waals surface area contributed by atoms with Crippen LogP contribution in [-0.4, -0.2) is 9.78 Å². The van der Waals surface area contributed by atoms with Crippen LogP contribution in [0, 0.1) is 11.6 Å². The molecule has 0 atom stereocenters. The van der Waals surface area contributed by atoms with Crippen LogP contribution in [0.4, 0.5) is 14.5 Å². The molecule has 1 aromatic heterocycles. The second kappa shape index (κ2) is 5.36. The van der Waals surface area contributed by atoms with Crippen LogP contribution in [0.15, 0.2) is 54.7 Å². The van der Waals surface area contributed by atoms with Gasteiger partial charge in [-0.2, -0.15) is 5.10 Å². The normalized spacial score (nSPS) is 10.8. The third kappa shape index (κ3) is 2.63. The fraction of sp³-hybridized carbons (Fsp3) is 0.0625. The standard InChI is InChI=1S/C16H13F2N3/c17-12-7-4-8-13(18)15(12)16-14(19)10-21(20-16)9-11-5-2-1-3-6-11/h1-8,10H,9,19H2. The highest BCUT2D eigenvalue weighted by atomic mass is 19.1. The maximum Gasteiger partial charge on any atom is 0.135 e. The Morgan fingerprint density at radius 1 is 0.952 bits per heavy atom. The van der Waals surface area contributed by atoms with Gasteiger partial charge < -0.3 is 5.73 Å². The highest BCUT2D eigenvalue weighted by Gasteiger charge is 2.17. The van der Waals surface area contributed by atoms with E-state index >= 15 is 0 Å². The van der Waals surface area contributed by atoms with E-state index < -0.39 is 11.6 Å². The average molecular weight is 285 g/mol. The number of benzene rings is 2. The predicted molar refractivity (Wildman–Crippen MR) is 77.5 cm³/mol. The van der Waals surface area contributed by atoms with Crippen molar-refractivity contribution >= 4 is 5.69 Å². The first-order valence-electron chi connectivity index (χ1n) is 6.46. The molecule has 2 aromatic carbocycles. The van der Waals surface area contributed by atoms with Crippen molar-refractivity contribution in [2.24, 2.45) is 0 Å². The van der Waals surface area contributed by atoms with Crippen molar-refractivity contribution in [3.05, 3.63) is 71.9 Å². The van der Waals surface area contributed by atoms with Crippen molar-refractivity contribution in [2.75, 3.05) is 5.73 Å². The average Bonchev–Trinajstić information content (AvgIpc) is 2.80. The molecule has 1 heterocycles. The molecule has 3 aromatic rings. The number of hydrogen-bond donors (Lipinski definition) is 1. The molecule has 0 radical (unpaired) electrons. The Kier molecular flexibility index (Phi) is 3.39. The topological polar surface area (TPSA) is 43.8 Å². The second-order valence-electron chi connectivity index (χ2n) is 4.71. The predicted octanol–water partition coefficient (Wildman–Crippen LogP) is 3.46. The van der Waals surface area contributed by atoms with Gasteiger partial charge in [0.25, 0.3) is 0 Å².